The van der Waals surface area contributed by atoms with Crippen LogP contribution in [-0.2, 0) is 0 Å². The molecule has 0 fully saturated rings. The first-order valence-corrected chi connectivity index (χ1v) is 2.65. The highest BCUT2D eigenvalue weighted by molar-refractivity contribution is 7.80. The second-order valence-corrected chi connectivity index (χ2v) is 1.70. The summed E-state index contributed by atoms with van der Waals surface area (Å²) in [5, 5.41) is 16.5. The van der Waals surface area contributed by atoms with Gasteiger partial charge in [0.25, 0.3) is 5.22 Å². The van der Waals surface area contributed by atoms with Gasteiger partial charge in [-0.3, -0.25) is 0 Å². The predicted molar refractivity (Wildman–Crippen MR) is 33.2 cm³/mol. The van der Waals surface area contributed by atoms with Gasteiger partial charge in [0, 0.05) is 0 Å². The Morgan fingerprint density at radius 1 is 1.70 bits per heavy atom. The van der Waals surface area contributed by atoms with Crippen LogP contribution in [0.15, 0.2) is 9.64 Å². The number of hydrogen-bond donors (Lipinski definition) is 3. The molecule has 0 aliphatic heterocycles. The fourth-order valence-electron chi connectivity index (χ4n) is 0.357. The van der Waals surface area contributed by atoms with E-state index in [1.807, 2.05) is 5.32 Å². The lowest BCUT2D eigenvalue weighted by Crippen LogP contribution is -2.07. The van der Waals surface area contributed by atoms with Crippen LogP contribution in [0.2, 0.25) is 0 Å². The monoisotopic (exact) mass is 161 g/mol. The third-order valence-corrected chi connectivity index (χ3v) is 0.809. The van der Waals surface area contributed by atoms with Crippen molar-refractivity contribution < 1.29 is 14.3 Å². The first-order chi connectivity index (χ1) is 4.68. The van der Waals surface area contributed by atoms with E-state index in [-0.39, 0.29) is 11.2 Å². The summed E-state index contributed by atoms with van der Waals surface area (Å²) in [6.45, 7) is 0. The summed E-state index contributed by atoms with van der Waals surface area (Å²) in [5.41, 5.74) is 0. The second kappa shape index (κ2) is 2.56. The Labute approximate surface area is 60.7 Å². The van der Waals surface area contributed by atoms with E-state index in [9.17, 15) is 4.79 Å². The molecule has 0 aliphatic carbocycles. The molecule has 0 aromatic carbocycles. The zero-order valence-corrected chi connectivity index (χ0v) is 5.50. The van der Waals surface area contributed by atoms with Gasteiger partial charge < -0.3 is 9.52 Å². The number of thiol groups is 1. The van der Waals surface area contributed by atoms with Crippen LogP contribution in [0.3, 0.4) is 0 Å². The summed E-state index contributed by atoms with van der Waals surface area (Å²) in [7, 11) is 0. The van der Waals surface area contributed by atoms with E-state index >= 15 is 0 Å². The SMILES string of the molecule is O=C(O)Nc1nnc(S)o1. The van der Waals surface area contributed by atoms with Crippen molar-refractivity contribution in [2.45, 2.75) is 5.22 Å². The van der Waals surface area contributed by atoms with Crippen molar-refractivity contribution >= 4 is 24.7 Å². The summed E-state index contributed by atoms with van der Waals surface area (Å²) in [6, 6.07) is -0.183. The van der Waals surface area contributed by atoms with Crippen molar-refractivity contribution in [3.63, 3.8) is 0 Å². The normalized spacial score (nSPS) is 9.30. The van der Waals surface area contributed by atoms with Crippen LogP contribution in [0.4, 0.5) is 10.8 Å². The smallest absolute Gasteiger partial charge is 0.412 e. The molecule has 0 radical (unpaired) electrons. The molecule has 6 nitrogen and oxygen atoms in total. The number of anilines is 1. The Morgan fingerprint density at radius 2 is 2.40 bits per heavy atom. The van der Waals surface area contributed by atoms with Gasteiger partial charge in [0.15, 0.2) is 0 Å². The van der Waals surface area contributed by atoms with Gasteiger partial charge in [0.1, 0.15) is 0 Å². The summed E-state index contributed by atoms with van der Waals surface area (Å²) in [5.74, 6) is 0. The van der Waals surface area contributed by atoms with Crippen molar-refractivity contribution in [3.05, 3.63) is 0 Å². The van der Waals surface area contributed by atoms with Crippen LogP contribution in [0.25, 0.3) is 0 Å². The highest BCUT2D eigenvalue weighted by Crippen LogP contribution is 2.07. The lowest BCUT2D eigenvalue weighted by Gasteiger charge is -1.87. The standard InChI is InChI=1S/C3H3N3O3S/c7-2(8)4-1-5-6-3(10)9-1/h(H,4,5)(H,6,10)(H,7,8). The number of rotatable bonds is 1. The molecule has 0 saturated heterocycles. The molecule has 0 bridgehead atoms. The molecule has 7 heteroatoms. The van der Waals surface area contributed by atoms with Crippen LogP contribution in [0.5, 0.6) is 0 Å². The van der Waals surface area contributed by atoms with Crippen molar-refractivity contribution in [1.29, 1.82) is 0 Å². The van der Waals surface area contributed by atoms with Gasteiger partial charge in [-0.15, -0.1) is 0 Å². The third kappa shape index (κ3) is 1.62. The number of hydrogen-bond acceptors (Lipinski definition) is 5. The molecular weight excluding hydrogens is 158 g/mol. The van der Waals surface area contributed by atoms with Crippen LogP contribution < -0.4 is 5.32 Å². The van der Waals surface area contributed by atoms with Crippen molar-refractivity contribution in [2.24, 2.45) is 0 Å². The molecule has 1 heterocycles. The van der Waals surface area contributed by atoms with E-state index in [4.69, 9.17) is 5.11 Å². The summed E-state index contributed by atoms with van der Waals surface area (Å²) in [4.78, 5) is 9.91. The van der Waals surface area contributed by atoms with E-state index < -0.39 is 6.09 Å². The highest BCUT2D eigenvalue weighted by Gasteiger charge is 2.03. The Hall–Kier alpha value is -1.24. The fraction of sp³-hybridized carbons (Fsp3) is 0. The lowest BCUT2D eigenvalue weighted by molar-refractivity contribution is 0.208. The molecular formula is C3H3N3O3S. The molecule has 0 saturated carbocycles. The molecule has 0 spiro atoms. The van der Waals surface area contributed by atoms with Gasteiger partial charge in [-0.1, -0.05) is 22.8 Å². The van der Waals surface area contributed by atoms with Crippen molar-refractivity contribution in [3.8, 4) is 0 Å². The zero-order chi connectivity index (χ0) is 7.56. The van der Waals surface area contributed by atoms with E-state index in [0.717, 1.165) is 0 Å². The fourth-order valence-corrected chi connectivity index (χ4v) is 0.489. The van der Waals surface area contributed by atoms with Gasteiger partial charge in [0.05, 0.1) is 0 Å². The van der Waals surface area contributed by atoms with Gasteiger partial charge >= 0.3 is 12.1 Å². The number of carbonyl (C=O) groups is 1. The maximum absolute atomic E-state index is 9.91. The largest absolute Gasteiger partial charge is 0.465 e. The average Bonchev–Trinajstić information content (AvgIpc) is 2.13. The van der Waals surface area contributed by atoms with E-state index in [1.165, 1.54) is 0 Å². The summed E-state index contributed by atoms with van der Waals surface area (Å²) in [6.07, 6.45) is -1.25. The number of carboxylic acid groups (broad SMARTS) is 1. The Balaban J connectivity index is 2.67. The van der Waals surface area contributed by atoms with Gasteiger partial charge in [-0.05, 0) is 0 Å². The summed E-state index contributed by atoms with van der Waals surface area (Å²) < 4.78 is 4.54. The minimum Gasteiger partial charge on any atom is -0.465 e. The number of nitrogens with one attached hydrogen (secondary N) is 1. The molecule has 54 valence electrons. The zero-order valence-electron chi connectivity index (χ0n) is 4.61. The predicted octanol–water partition coefficient (Wildman–Crippen LogP) is 0.448. The van der Waals surface area contributed by atoms with Crippen LogP contribution in [-0.4, -0.2) is 21.4 Å². The molecule has 1 aromatic rings. The van der Waals surface area contributed by atoms with Crippen LogP contribution >= 0.6 is 12.6 Å². The highest BCUT2D eigenvalue weighted by atomic mass is 32.1. The van der Waals surface area contributed by atoms with Crippen molar-refractivity contribution in [1.82, 2.24) is 10.2 Å². The molecule has 0 unspecified atom stereocenters. The number of amides is 1. The Kier molecular flexibility index (Phi) is 1.76. The van der Waals surface area contributed by atoms with E-state index in [0.29, 0.717) is 0 Å². The number of nitrogens with zero attached hydrogens (tertiary/aromatic N) is 2. The number of aromatic nitrogens is 2. The van der Waals surface area contributed by atoms with Gasteiger partial charge in [-0.25, -0.2) is 10.1 Å². The Bertz CT molecular complexity index is 247. The molecule has 1 rings (SSSR count). The maximum Gasteiger partial charge on any atom is 0.412 e. The molecule has 1 aromatic heterocycles. The average molecular weight is 161 g/mol. The van der Waals surface area contributed by atoms with E-state index in [1.54, 1.807) is 0 Å². The molecule has 0 aliphatic rings. The summed E-state index contributed by atoms with van der Waals surface area (Å²) >= 11 is 3.65. The first kappa shape index (κ1) is 6.87. The van der Waals surface area contributed by atoms with Gasteiger partial charge in [-0.2, -0.15) is 0 Å². The topological polar surface area (TPSA) is 88.2 Å². The third-order valence-electron chi connectivity index (χ3n) is 0.628. The first-order valence-electron chi connectivity index (χ1n) is 2.21. The maximum atomic E-state index is 9.91. The van der Waals surface area contributed by atoms with Crippen LogP contribution in [0, 0.1) is 0 Å². The quantitative estimate of drug-likeness (QED) is 0.520. The minimum atomic E-state index is -1.25. The molecule has 2 N–H and O–H groups in total. The van der Waals surface area contributed by atoms with Gasteiger partial charge in [0.2, 0.25) is 0 Å². The minimum absolute atomic E-state index is 0.0174. The lowest BCUT2D eigenvalue weighted by atomic mass is 11.0. The second-order valence-electron chi connectivity index (χ2n) is 1.32. The van der Waals surface area contributed by atoms with Crippen LogP contribution in [0.1, 0.15) is 0 Å². The molecule has 0 atom stereocenters. The van der Waals surface area contributed by atoms with E-state index in [2.05, 4.69) is 27.2 Å². The Morgan fingerprint density at radius 3 is 2.80 bits per heavy atom. The molecule has 10 heavy (non-hydrogen) atoms. The van der Waals surface area contributed by atoms with Crippen molar-refractivity contribution in [2.75, 3.05) is 5.32 Å². The molecule has 1 amide bonds.